The summed E-state index contributed by atoms with van der Waals surface area (Å²) in [7, 11) is -2.54. The zero-order chi connectivity index (χ0) is 21.5. The van der Waals surface area contributed by atoms with E-state index in [4.69, 9.17) is 4.74 Å². The van der Waals surface area contributed by atoms with E-state index in [0.717, 1.165) is 0 Å². The molecule has 0 aliphatic carbocycles. The number of rotatable bonds is 8. The standard InChI is InChI=1S/C19H20FN5O4S/c1-2-29-11-16(26)21-9-10-25-12-23-17(13-3-5-14(20)6-4-13)18(25)15-7-8-22-19(24-15)30(27)28/h3-8,12,24H,2,9-11H2,1H3,(H,21,26). The molecule has 1 aromatic carbocycles. The molecule has 0 unspecified atom stereocenters. The van der Waals surface area contributed by atoms with Crippen molar-refractivity contribution in [3.63, 3.8) is 0 Å². The Morgan fingerprint density at radius 3 is 2.70 bits per heavy atom. The summed E-state index contributed by atoms with van der Waals surface area (Å²) in [6.45, 7) is 2.90. The highest BCUT2D eigenvalue weighted by molar-refractivity contribution is 7.63. The van der Waals surface area contributed by atoms with Crippen LogP contribution in [-0.4, -0.2) is 53.6 Å². The minimum atomic E-state index is -2.54. The van der Waals surface area contributed by atoms with Crippen LogP contribution in [0.15, 0.2) is 42.9 Å². The molecule has 0 radical (unpaired) electrons. The molecular weight excluding hydrogens is 413 g/mol. The minimum absolute atomic E-state index is 0.0229. The predicted octanol–water partition coefficient (Wildman–Crippen LogP) is 1.64. The summed E-state index contributed by atoms with van der Waals surface area (Å²) < 4.78 is 42.6. The number of carbonyl (C=O) groups is 1. The zero-order valence-electron chi connectivity index (χ0n) is 16.1. The van der Waals surface area contributed by atoms with Gasteiger partial charge in [0.25, 0.3) is 15.1 Å². The maximum atomic E-state index is 13.3. The summed E-state index contributed by atoms with van der Waals surface area (Å²) >= 11 is 0. The molecule has 11 heteroatoms. The van der Waals surface area contributed by atoms with Crippen LogP contribution >= 0.6 is 0 Å². The van der Waals surface area contributed by atoms with Crippen LogP contribution in [0.1, 0.15) is 6.92 Å². The van der Waals surface area contributed by atoms with Gasteiger partial charge in [0.05, 0.1) is 23.4 Å². The molecule has 0 aliphatic rings. The maximum absolute atomic E-state index is 13.3. The van der Waals surface area contributed by atoms with Crippen LogP contribution in [0, 0.1) is 10.6 Å². The Hall–Kier alpha value is -3.31. The van der Waals surface area contributed by atoms with E-state index in [-0.39, 0.29) is 23.1 Å². The van der Waals surface area contributed by atoms with Crippen LogP contribution in [0.4, 0.5) is 4.39 Å². The number of amides is 1. The molecular formula is C19H20FN5O4S. The molecule has 9 nitrogen and oxygen atoms in total. The fourth-order valence-corrected chi connectivity index (χ4v) is 3.15. The summed E-state index contributed by atoms with van der Waals surface area (Å²) in [5, 5.41) is 2.75. The molecule has 158 valence electrons. The molecule has 0 fully saturated rings. The second-order valence-corrected chi connectivity index (χ2v) is 7.01. The lowest BCUT2D eigenvalue weighted by molar-refractivity contribution is -0.125. The molecule has 0 saturated carbocycles. The maximum Gasteiger partial charge on any atom is 0.258 e. The first kappa shape index (κ1) is 21.4. The Kier molecular flexibility index (Phi) is 7.09. The molecule has 3 aromatic rings. The number of nitrogens with zero attached hydrogens (tertiary/aromatic N) is 3. The van der Waals surface area contributed by atoms with Crippen molar-refractivity contribution in [3.05, 3.63) is 53.4 Å². The highest BCUT2D eigenvalue weighted by Gasteiger charge is 2.16. The van der Waals surface area contributed by atoms with Gasteiger partial charge in [-0.05, 0) is 37.3 Å². The monoisotopic (exact) mass is 433 g/mol. The van der Waals surface area contributed by atoms with Crippen LogP contribution in [0.5, 0.6) is 0 Å². The van der Waals surface area contributed by atoms with Crippen LogP contribution in [0.25, 0.3) is 22.6 Å². The number of H-pyrrole nitrogens is 1. The van der Waals surface area contributed by atoms with Gasteiger partial charge in [0.15, 0.2) is 0 Å². The first-order valence-corrected chi connectivity index (χ1v) is 10.2. The third-order valence-corrected chi connectivity index (χ3v) is 4.68. The van der Waals surface area contributed by atoms with Gasteiger partial charge < -0.3 is 19.6 Å². The third kappa shape index (κ3) is 5.19. The van der Waals surface area contributed by atoms with Gasteiger partial charge in [-0.3, -0.25) is 4.79 Å². The van der Waals surface area contributed by atoms with E-state index in [1.54, 1.807) is 36.0 Å². The number of aromatic amines is 1. The molecule has 2 heterocycles. The van der Waals surface area contributed by atoms with E-state index in [1.807, 2.05) is 0 Å². The van der Waals surface area contributed by atoms with Crippen molar-refractivity contribution in [1.82, 2.24) is 24.8 Å². The average molecular weight is 433 g/mol. The van der Waals surface area contributed by atoms with Crippen LogP contribution in [-0.2, 0) is 26.4 Å². The minimum Gasteiger partial charge on any atom is -0.372 e. The lowest BCUT2D eigenvalue weighted by Gasteiger charge is -2.11. The van der Waals surface area contributed by atoms with Gasteiger partial charge in [-0.25, -0.2) is 14.4 Å². The number of halogens is 1. The number of hydrogen-bond acceptors (Lipinski definition) is 6. The molecule has 3 rings (SSSR count). The molecule has 2 aromatic heterocycles. The Bertz CT molecular complexity index is 1190. The summed E-state index contributed by atoms with van der Waals surface area (Å²) in [4.78, 5) is 22.7. The summed E-state index contributed by atoms with van der Waals surface area (Å²) in [5.74, 6) is -0.618. The first-order valence-electron chi connectivity index (χ1n) is 9.13. The van der Waals surface area contributed by atoms with Crippen molar-refractivity contribution >= 4 is 16.2 Å². The summed E-state index contributed by atoms with van der Waals surface area (Å²) in [6.07, 6.45) is 2.94. The number of nitrogens with one attached hydrogen (secondary N) is 2. The second kappa shape index (κ2) is 9.94. The van der Waals surface area contributed by atoms with Crippen molar-refractivity contribution < 1.29 is 22.3 Å². The number of benzene rings is 1. The van der Waals surface area contributed by atoms with Gasteiger partial charge >= 0.3 is 0 Å². The molecule has 2 N–H and O–H groups in total. The van der Waals surface area contributed by atoms with E-state index in [9.17, 15) is 17.6 Å². The van der Waals surface area contributed by atoms with Crippen molar-refractivity contribution in [2.75, 3.05) is 19.8 Å². The largest absolute Gasteiger partial charge is 0.372 e. The van der Waals surface area contributed by atoms with Gasteiger partial charge in [-0.2, -0.15) is 8.42 Å². The molecule has 30 heavy (non-hydrogen) atoms. The van der Waals surface area contributed by atoms with Gasteiger partial charge in [0.1, 0.15) is 12.4 Å². The SMILES string of the molecule is CCOCC(=O)NCCn1cnc(-c2ccc(F)cc2)c1-c1ccnc(=S(=O)=O)[nH]1. The van der Waals surface area contributed by atoms with Crippen molar-refractivity contribution in [2.24, 2.45) is 0 Å². The molecule has 0 saturated heterocycles. The Balaban J connectivity index is 1.97. The van der Waals surface area contributed by atoms with E-state index >= 15 is 0 Å². The van der Waals surface area contributed by atoms with Gasteiger partial charge in [0, 0.05) is 31.5 Å². The Morgan fingerprint density at radius 1 is 1.23 bits per heavy atom. The normalized spacial score (nSPS) is 10.7. The van der Waals surface area contributed by atoms with E-state index in [2.05, 4.69) is 20.3 Å². The average Bonchev–Trinajstić information content (AvgIpc) is 3.16. The third-order valence-electron chi connectivity index (χ3n) is 4.16. The van der Waals surface area contributed by atoms with Gasteiger partial charge in [-0.15, -0.1) is 0 Å². The number of hydrogen-bond donors (Lipinski definition) is 2. The molecule has 0 atom stereocenters. The number of carbonyl (C=O) groups excluding carboxylic acids is 1. The second-order valence-electron chi connectivity index (χ2n) is 6.15. The van der Waals surface area contributed by atoms with Gasteiger partial charge in [0.2, 0.25) is 5.91 Å². The van der Waals surface area contributed by atoms with E-state index < -0.39 is 10.3 Å². The van der Waals surface area contributed by atoms with E-state index in [1.165, 1.54) is 18.3 Å². The van der Waals surface area contributed by atoms with Crippen LogP contribution in [0.3, 0.4) is 0 Å². The molecule has 0 spiro atoms. The van der Waals surface area contributed by atoms with Crippen LogP contribution in [0.2, 0.25) is 0 Å². The van der Waals surface area contributed by atoms with Crippen molar-refractivity contribution in [3.8, 4) is 22.6 Å². The highest BCUT2D eigenvalue weighted by atomic mass is 32.2. The zero-order valence-corrected chi connectivity index (χ0v) is 16.9. The lowest BCUT2D eigenvalue weighted by Crippen LogP contribution is -2.30. The van der Waals surface area contributed by atoms with Gasteiger partial charge in [-0.1, -0.05) is 0 Å². The predicted molar refractivity (Wildman–Crippen MR) is 107 cm³/mol. The molecule has 1 amide bonds. The summed E-state index contributed by atoms with van der Waals surface area (Å²) in [6, 6.07) is 7.43. The van der Waals surface area contributed by atoms with Crippen LogP contribution < -0.4 is 5.32 Å². The Morgan fingerprint density at radius 2 is 2.00 bits per heavy atom. The number of imidazole rings is 1. The molecule has 0 bridgehead atoms. The number of ether oxygens (including phenoxy) is 1. The lowest BCUT2D eigenvalue weighted by atomic mass is 10.1. The highest BCUT2D eigenvalue weighted by Crippen LogP contribution is 2.30. The Labute approximate surface area is 173 Å². The smallest absolute Gasteiger partial charge is 0.258 e. The number of aromatic nitrogens is 4. The fourth-order valence-electron chi connectivity index (χ4n) is 2.81. The quantitative estimate of drug-likeness (QED) is 0.522. The fraction of sp³-hybridized carbons (Fsp3) is 0.263. The van der Waals surface area contributed by atoms with E-state index in [0.29, 0.717) is 42.3 Å². The summed E-state index contributed by atoms with van der Waals surface area (Å²) in [5.41, 5.74) is 2.22. The molecule has 0 aliphatic heterocycles. The first-order chi connectivity index (χ1) is 14.5. The topological polar surface area (TPSA) is 119 Å². The van der Waals surface area contributed by atoms with Crippen molar-refractivity contribution in [1.29, 1.82) is 0 Å². The van der Waals surface area contributed by atoms with Crippen molar-refractivity contribution in [2.45, 2.75) is 13.5 Å².